The highest BCUT2D eigenvalue weighted by atomic mass is 35.5. The first-order valence-electron chi connectivity index (χ1n) is 6.60. The molecule has 20 heavy (non-hydrogen) atoms. The van der Waals surface area contributed by atoms with Gasteiger partial charge in [0.15, 0.2) is 5.65 Å². The van der Waals surface area contributed by atoms with Crippen molar-refractivity contribution in [2.24, 2.45) is 7.05 Å². The van der Waals surface area contributed by atoms with Crippen LogP contribution in [0.3, 0.4) is 0 Å². The Kier molecular flexibility index (Phi) is 3.29. The Morgan fingerprint density at radius 2 is 2.00 bits per heavy atom. The van der Waals surface area contributed by atoms with Crippen molar-refractivity contribution in [3.05, 3.63) is 11.5 Å². The second kappa shape index (κ2) is 4.73. The Balaban J connectivity index is 2.10. The molecule has 0 saturated carbocycles. The molecule has 110 valence electrons. The molecule has 0 spiro atoms. The molecule has 0 aromatic carbocycles. The van der Waals surface area contributed by atoms with Crippen molar-refractivity contribution in [2.75, 3.05) is 11.5 Å². The molecule has 0 atom stereocenters. The van der Waals surface area contributed by atoms with E-state index in [-0.39, 0.29) is 17.5 Å². The summed E-state index contributed by atoms with van der Waals surface area (Å²) in [6.45, 7) is 1.92. The number of sulfone groups is 1. The second-order valence-corrected chi connectivity index (χ2v) is 7.87. The van der Waals surface area contributed by atoms with Crippen LogP contribution in [0.5, 0.6) is 0 Å². The first kappa shape index (κ1) is 13.9. The molecular weight excluding hydrogens is 300 g/mol. The molecule has 0 aliphatic carbocycles. The smallest absolute Gasteiger partial charge is 0.158 e. The molecule has 0 unspecified atom stereocenters. The zero-order valence-electron chi connectivity index (χ0n) is 11.5. The zero-order chi connectivity index (χ0) is 14.5. The average Bonchev–Trinajstić information content (AvgIpc) is 2.89. The van der Waals surface area contributed by atoms with E-state index in [9.17, 15) is 8.42 Å². The minimum Gasteiger partial charge on any atom is -0.309 e. The number of hydrogen-bond donors (Lipinski definition) is 0. The van der Waals surface area contributed by atoms with Crippen LogP contribution in [0.4, 0.5) is 0 Å². The fraction of sp³-hybridized carbons (Fsp3) is 0.667. The fourth-order valence-corrected chi connectivity index (χ4v) is 4.61. The SMILES string of the molecule is Cc1nn(C)c2c1nc(CCl)n2C1CCS(=O)(=O)CC1. The van der Waals surface area contributed by atoms with Gasteiger partial charge in [-0.2, -0.15) is 5.10 Å². The van der Waals surface area contributed by atoms with Crippen LogP contribution in [0.1, 0.15) is 30.4 Å². The highest BCUT2D eigenvalue weighted by Crippen LogP contribution is 2.31. The molecule has 3 rings (SSSR count). The van der Waals surface area contributed by atoms with E-state index in [0.717, 1.165) is 22.7 Å². The van der Waals surface area contributed by atoms with Crippen molar-refractivity contribution in [3.63, 3.8) is 0 Å². The van der Waals surface area contributed by atoms with Crippen LogP contribution in [0.2, 0.25) is 0 Å². The number of aromatic nitrogens is 4. The van der Waals surface area contributed by atoms with Gasteiger partial charge in [-0.05, 0) is 19.8 Å². The number of alkyl halides is 1. The van der Waals surface area contributed by atoms with Crippen molar-refractivity contribution in [1.82, 2.24) is 19.3 Å². The van der Waals surface area contributed by atoms with Gasteiger partial charge in [-0.3, -0.25) is 4.68 Å². The van der Waals surface area contributed by atoms with Crippen molar-refractivity contribution < 1.29 is 8.42 Å². The predicted molar refractivity (Wildman–Crippen MR) is 77.7 cm³/mol. The summed E-state index contributed by atoms with van der Waals surface area (Å²) in [6.07, 6.45) is 1.23. The largest absolute Gasteiger partial charge is 0.309 e. The van der Waals surface area contributed by atoms with Crippen LogP contribution in [0, 0.1) is 6.92 Å². The van der Waals surface area contributed by atoms with E-state index in [0.29, 0.717) is 18.7 Å². The monoisotopic (exact) mass is 316 g/mol. The lowest BCUT2D eigenvalue weighted by atomic mass is 10.1. The van der Waals surface area contributed by atoms with Crippen molar-refractivity contribution in [3.8, 4) is 0 Å². The lowest BCUT2D eigenvalue weighted by molar-refractivity contribution is 0.444. The van der Waals surface area contributed by atoms with E-state index in [4.69, 9.17) is 11.6 Å². The highest BCUT2D eigenvalue weighted by Gasteiger charge is 2.29. The van der Waals surface area contributed by atoms with Crippen LogP contribution in [-0.2, 0) is 22.8 Å². The molecule has 6 nitrogen and oxygen atoms in total. The number of fused-ring (bicyclic) bond motifs is 1. The number of rotatable bonds is 2. The lowest BCUT2D eigenvalue weighted by Crippen LogP contribution is -2.26. The summed E-state index contributed by atoms with van der Waals surface area (Å²) in [7, 11) is -0.994. The van der Waals surface area contributed by atoms with Crippen LogP contribution in [0.25, 0.3) is 11.2 Å². The van der Waals surface area contributed by atoms with Crippen molar-refractivity contribution >= 4 is 32.6 Å². The van der Waals surface area contributed by atoms with Crippen molar-refractivity contribution in [1.29, 1.82) is 0 Å². The number of hydrogen-bond acceptors (Lipinski definition) is 4. The van der Waals surface area contributed by atoms with Crippen LogP contribution in [0.15, 0.2) is 0 Å². The summed E-state index contributed by atoms with van der Waals surface area (Å²) in [5, 5.41) is 4.38. The summed E-state index contributed by atoms with van der Waals surface area (Å²) in [5.74, 6) is 1.57. The molecule has 1 aliphatic rings. The first-order valence-corrected chi connectivity index (χ1v) is 8.95. The van der Waals surface area contributed by atoms with Gasteiger partial charge in [-0.15, -0.1) is 11.6 Å². The van der Waals surface area contributed by atoms with Crippen LogP contribution < -0.4 is 0 Å². The van der Waals surface area contributed by atoms with Gasteiger partial charge in [0.2, 0.25) is 0 Å². The molecule has 0 N–H and O–H groups in total. The summed E-state index contributed by atoms with van der Waals surface area (Å²) < 4.78 is 27.1. The van der Waals surface area contributed by atoms with E-state index in [1.54, 1.807) is 4.68 Å². The van der Waals surface area contributed by atoms with Gasteiger partial charge in [-0.1, -0.05) is 0 Å². The minimum absolute atomic E-state index is 0.132. The van der Waals surface area contributed by atoms with Gasteiger partial charge in [0.25, 0.3) is 0 Å². The molecule has 2 aromatic rings. The fourth-order valence-electron chi connectivity index (χ4n) is 2.95. The molecule has 2 aromatic heterocycles. The second-order valence-electron chi connectivity index (χ2n) is 5.30. The maximum absolute atomic E-state index is 11.6. The highest BCUT2D eigenvalue weighted by molar-refractivity contribution is 7.91. The number of nitrogens with zero attached hydrogens (tertiary/aromatic N) is 4. The zero-order valence-corrected chi connectivity index (χ0v) is 13.1. The van der Waals surface area contributed by atoms with E-state index in [1.165, 1.54) is 0 Å². The number of imidazole rings is 1. The molecule has 0 bridgehead atoms. The maximum atomic E-state index is 11.6. The van der Waals surface area contributed by atoms with Crippen LogP contribution in [-0.4, -0.2) is 39.3 Å². The lowest BCUT2D eigenvalue weighted by Gasteiger charge is -2.25. The Labute approximate surface area is 122 Å². The third-order valence-corrected chi connectivity index (χ3v) is 5.87. The first-order chi connectivity index (χ1) is 9.43. The van der Waals surface area contributed by atoms with E-state index in [1.807, 2.05) is 14.0 Å². The summed E-state index contributed by atoms with van der Waals surface area (Å²) in [6, 6.07) is 0.132. The molecule has 1 fully saturated rings. The summed E-state index contributed by atoms with van der Waals surface area (Å²) in [5.41, 5.74) is 2.66. The molecule has 3 heterocycles. The predicted octanol–water partition coefficient (Wildman–Crippen LogP) is 1.57. The normalized spacial score (nSPS) is 19.8. The standard InChI is InChI=1S/C12H17ClN4O2S/c1-8-11-12(16(2)15-8)17(10(7-13)14-11)9-3-5-20(18,19)6-4-9/h9H,3-7H2,1-2H3. The Morgan fingerprint density at radius 1 is 1.35 bits per heavy atom. The van der Waals surface area contributed by atoms with Crippen LogP contribution >= 0.6 is 11.6 Å². The quantitative estimate of drug-likeness (QED) is 0.789. The topological polar surface area (TPSA) is 69.8 Å². The Bertz CT molecular complexity index is 748. The van der Waals surface area contributed by atoms with Gasteiger partial charge >= 0.3 is 0 Å². The van der Waals surface area contributed by atoms with Gasteiger partial charge in [0, 0.05) is 13.1 Å². The third kappa shape index (κ3) is 2.13. The Morgan fingerprint density at radius 3 is 2.60 bits per heavy atom. The van der Waals surface area contributed by atoms with Gasteiger partial charge in [0.1, 0.15) is 21.2 Å². The summed E-state index contributed by atoms with van der Waals surface area (Å²) in [4.78, 5) is 4.56. The van der Waals surface area contributed by atoms with Gasteiger partial charge in [0.05, 0.1) is 23.1 Å². The molecule has 1 saturated heterocycles. The minimum atomic E-state index is -2.87. The van der Waals surface area contributed by atoms with Gasteiger partial charge < -0.3 is 4.57 Å². The van der Waals surface area contributed by atoms with Crippen molar-refractivity contribution in [2.45, 2.75) is 31.7 Å². The molecular formula is C12H17ClN4O2S. The molecule has 0 amide bonds. The maximum Gasteiger partial charge on any atom is 0.158 e. The molecule has 0 radical (unpaired) electrons. The van der Waals surface area contributed by atoms with E-state index >= 15 is 0 Å². The van der Waals surface area contributed by atoms with Gasteiger partial charge in [-0.25, -0.2) is 13.4 Å². The number of halogens is 1. The van der Waals surface area contributed by atoms with E-state index in [2.05, 4.69) is 14.6 Å². The number of aryl methyl sites for hydroxylation is 2. The van der Waals surface area contributed by atoms with E-state index < -0.39 is 9.84 Å². The molecule has 8 heteroatoms. The Hall–Kier alpha value is -1.08. The third-order valence-electron chi connectivity index (χ3n) is 3.92. The summed E-state index contributed by atoms with van der Waals surface area (Å²) >= 11 is 6.01. The average molecular weight is 317 g/mol. The molecule has 1 aliphatic heterocycles.